The Labute approximate surface area is 134 Å². The van der Waals surface area contributed by atoms with Crippen molar-refractivity contribution in [2.24, 2.45) is 0 Å². The molecular formula is C16H11FO3S2. The molecule has 0 saturated heterocycles. The fourth-order valence-corrected chi connectivity index (χ4v) is 3.92. The first kappa shape index (κ1) is 14.9. The standard InChI is InChI=1S/C16H11FO3S2/c1-9-14-10(17)4-2-5-13(14)22-15(9)16(19)20-8-11(18)12-6-3-7-21-12/h2-7H,8H2,1H3. The van der Waals surface area contributed by atoms with Gasteiger partial charge in [0.05, 0.1) is 4.88 Å². The largest absolute Gasteiger partial charge is 0.453 e. The molecule has 0 atom stereocenters. The van der Waals surface area contributed by atoms with Gasteiger partial charge in [0.2, 0.25) is 5.78 Å². The molecule has 3 rings (SSSR count). The monoisotopic (exact) mass is 334 g/mol. The van der Waals surface area contributed by atoms with Crippen LogP contribution < -0.4 is 0 Å². The first-order valence-electron chi connectivity index (χ1n) is 6.49. The van der Waals surface area contributed by atoms with Crippen LogP contribution in [0.4, 0.5) is 4.39 Å². The van der Waals surface area contributed by atoms with E-state index < -0.39 is 5.97 Å². The minimum atomic E-state index is -0.594. The summed E-state index contributed by atoms with van der Waals surface area (Å²) in [5.74, 6) is -1.20. The first-order valence-corrected chi connectivity index (χ1v) is 8.19. The van der Waals surface area contributed by atoms with Crippen LogP contribution in [0.3, 0.4) is 0 Å². The van der Waals surface area contributed by atoms with Crippen LogP contribution in [0.5, 0.6) is 0 Å². The average molecular weight is 334 g/mol. The maximum absolute atomic E-state index is 13.8. The van der Waals surface area contributed by atoms with Gasteiger partial charge in [-0.2, -0.15) is 0 Å². The molecule has 0 bridgehead atoms. The van der Waals surface area contributed by atoms with Gasteiger partial charge in [-0.3, -0.25) is 4.79 Å². The third-order valence-electron chi connectivity index (χ3n) is 3.22. The molecule has 3 nitrogen and oxygen atoms in total. The Kier molecular flexibility index (Phi) is 4.04. The van der Waals surface area contributed by atoms with Crippen LogP contribution in [0.1, 0.15) is 24.9 Å². The molecule has 0 amide bonds. The summed E-state index contributed by atoms with van der Waals surface area (Å²) in [5.41, 5.74) is 0.548. The summed E-state index contributed by atoms with van der Waals surface area (Å²) >= 11 is 2.47. The molecule has 22 heavy (non-hydrogen) atoms. The van der Waals surface area contributed by atoms with Crippen LogP contribution in [0, 0.1) is 12.7 Å². The van der Waals surface area contributed by atoms with Crippen LogP contribution in [-0.4, -0.2) is 18.4 Å². The molecule has 0 unspecified atom stereocenters. The second-order valence-corrected chi connectivity index (χ2v) is 6.65. The number of Topliss-reactive ketones (excluding diaryl/α,β-unsaturated/α-hetero) is 1. The molecular weight excluding hydrogens is 323 g/mol. The van der Waals surface area contributed by atoms with Crippen molar-refractivity contribution in [1.29, 1.82) is 0 Å². The van der Waals surface area contributed by atoms with Gasteiger partial charge in [-0.25, -0.2) is 9.18 Å². The van der Waals surface area contributed by atoms with E-state index in [-0.39, 0.29) is 18.2 Å². The van der Waals surface area contributed by atoms with E-state index in [0.717, 1.165) is 0 Å². The molecule has 0 radical (unpaired) electrons. The van der Waals surface area contributed by atoms with Crippen LogP contribution in [0.25, 0.3) is 10.1 Å². The molecule has 112 valence electrons. The number of benzene rings is 1. The van der Waals surface area contributed by atoms with Gasteiger partial charge in [0, 0.05) is 10.1 Å². The predicted molar refractivity (Wildman–Crippen MR) is 85.5 cm³/mol. The van der Waals surface area contributed by atoms with Crippen molar-refractivity contribution in [2.45, 2.75) is 6.92 Å². The molecule has 6 heteroatoms. The summed E-state index contributed by atoms with van der Waals surface area (Å²) in [4.78, 5) is 24.8. The zero-order valence-corrected chi connectivity index (χ0v) is 13.2. The van der Waals surface area contributed by atoms with Crippen LogP contribution in [0.2, 0.25) is 0 Å². The highest BCUT2D eigenvalue weighted by Gasteiger charge is 2.20. The van der Waals surface area contributed by atoms with Gasteiger partial charge in [0.15, 0.2) is 6.61 Å². The molecule has 2 heterocycles. The van der Waals surface area contributed by atoms with Gasteiger partial charge in [0.25, 0.3) is 0 Å². The summed E-state index contributed by atoms with van der Waals surface area (Å²) in [7, 11) is 0. The zero-order chi connectivity index (χ0) is 15.7. The number of hydrogen-bond acceptors (Lipinski definition) is 5. The van der Waals surface area contributed by atoms with Crippen LogP contribution in [0.15, 0.2) is 35.7 Å². The van der Waals surface area contributed by atoms with E-state index in [0.29, 0.717) is 25.4 Å². The van der Waals surface area contributed by atoms with Crippen molar-refractivity contribution in [2.75, 3.05) is 6.61 Å². The molecule has 1 aromatic carbocycles. The summed E-state index contributed by atoms with van der Waals surface area (Å²) in [6.07, 6.45) is 0. The number of hydrogen-bond donors (Lipinski definition) is 0. The number of esters is 1. The fraction of sp³-hybridized carbons (Fsp3) is 0.125. The molecule has 0 aliphatic rings. The Balaban J connectivity index is 1.80. The summed E-state index contributed by atoms with van der Waals surface area (Å²) in [5, 5.41) is 2.22. The highest BCUT2D eigenvalue weighted by Crippen LogP contribution is 2.33. The smallest absolute Gasteiger partial charge is 0.349 e. The lowest BCUT2D eigenvalue weighted by Gasteiger charge is -2.02. The minimum absolute atomic E-state index is 0.242. The SMILES string of the molecule is Cc1c(C(=O)OCC(=O)c2cccs2)sc2cccc(F)c12. The predicted octanol–water partition coefficient (Wildman–Crippen LogP) is 4.45. The minimum Gasteiger partial charge on any atom is -0.453 e. The van der Waals surface area contributed by atoms with E-state index >= 15 is 0 Å². The Morgan fingerprint density at radius 2 is 2.05 bits per heavy atom. The normalized spacial score (nSPS) is 10.8. The van der Waals surface area contributed by atoms with Crippen molar-refractivity contribution in [1.82, 2.24) is 0 Å². The number of rotatable bonds is 4. The third-order valence-corrected chi connectivity index (χ3v) is 5.37. The highest BCUT2D eigenvalue weighted by molar-refractivity contribution is 7.21. The Morgan fingerprint density at radius 1 is 1.23 bits per heavy atom. The number of fused-ring (bicyclic) bond motifs is 1. The van der Waals surface area contributed by atoms with Crippen molar-refractivity contribution < 1.29 is 18.7 Å². The number of ketones is 1. The third kappa shape index (κ3) is 2.67. The van der Waals surface area contributed by atoms with E-state index in [9.17, 15) is 14.0 Å². The average Bonchev–Trinajstić information content (AvgIpc) is 3.13. The van der Waals surface area contributed by atoms with Gasteiger partial charge in [-0.1, -0.05) is 12.1 Å². The molecule has 2 aromatic heterocycles. The summed E-state index contributed by atoms with van der Waals surface area (Å²) < 4.78 is 19.6. The van der Waals surface area contributed by atoms with E-state index in [4.69, 9.17) is 4.74 Å². The van der Waals surface area contributed by atoms with E-state index in [1.807, 2.05) is 0 Å². The maximum atomic E-state index is 13.8. The number of carbonyl (C=O) groups excluding carboxylic acids is 2. The number of carbonyl (C=O) groups is 2. The lowest BCUT2D eigenvalue weighted by molar-refractivity contribution is 0.0480. The molecule has 0 aliphatic carbocycles. The topological polar surface area (TPSA) is 43.4 Å². The number of halogens is 1. The summed E-state index contributed by atoms with van der Waals surface area (Å²) in [6, 6.07) is 8.16. The van der Waals surface area contributed by atoms with Crippen molar-refractivity contribution in [3.05, 3.63) is 56.8 Å². The molecule has 0 saturated carbocycles. The second-order valence-electron chi connectivity index (χ2n) is 4.65. The molecule has 3 aromatic rings. The van der Waals surface area contributed by atoms with Gasteiger partial charge in [0.1, 0.15) is 10.7 Å². The quantitative estimate of drug-likeness (QED) is 0.523. The first-order chi connectivity index (χ1) is 10.6. The molecule has 0 spiro atoms. The Bertz CT molecular complexity index is 850. The van der Waals surface area contributed by atoms with Gasteiger partial charge < -0.3 is 4.74 Å². The lowest BCUT2D eigenvalue weighted by Crippen LogP contribution is -2.13. The molecule has 0 fully saturated rings. The molecule has 0 N–H and O–H groups in total. The van der Waals surface area contributed by atoms with E-state index in [1.54, 1.807) is 36.6 Å². The lowest BCUT2D eigenvalue weighted by atomic mass is 10.1. The highest BCUT2D eigenvalue weighted by atomic mass is 32.1. The van der Waals surface area contributed by atoms with Crippen molar-refractivity contribution >= 4 is 44.5 Å². The zero-order valence-electron chi connectivity index (χ0n) is 11.6. The van der Waals surface area contributed by atoms with Gasteiger partial charge in [-0.15, -0.1) is 22.7 Å². The summed E-state index contributed by atoms with van der Waals surface area (Å²) in [6.45, 7) is 1.37. The van der Waals surface area contributed by atoms with E-state index in [2.05, 4.69) is 0 Å². The van der Waals surface area contributed by atoms with Gasteiger partial charge in [-0.05, 0) is 36.1 Å². The molecule has 0 aliphatic heterocycles. The number of aryl methyl sites for hydroxylation is 1. The van der Waals surface area contributed by atoms with E-state index in [1.165, 1.54) is 28.7 Å². The second kappa shape index (κ2) is 5.98. The fourth-order valence-electron chi connectivity index (χ4n) is 2.15. The van der Waals surface area contributed by atoms with Crippen molar-refractivity contribution in [3.63, 3.8) is 0 Å². The van der Waals surface area contributed by atoms with Gasteiger partial charge >= 0.3 is 5.97 Å². The van der Waals surface area contributed by atoms with Crippen LogP contribution >= 0.6 is 22.7 Å². The Hall–Kier alpha value is -2.05. The number of thiophene rings is 2. The maximum Gasteiger partial charge on any atom is 0.349 e. The Morgan fingerprint density at radius 3 is 2.73 bits per heavy atom. The van der Waals surface area contributed by atoms with Crippen LogP contribution in [-0.2, 0) is 4.74 Å². The van der Waals surface area contributed by atoms with Crippen molar-refractivity contribution in [3.8, 4) is 0 Å². The number of ether oxygens (including phenoxy) is 1.